The van der Waals surface area contributed by atoms with E-state index in [9.17, 15) is 14.4 Å². The average Bonchev–Trinajstić information content (AvgIpc) is 2.61. The van der Waals surface area contributed by atoms with Crippen molar-refractivity contribution in [1.29, 1.82) is 0 Å². The third-order valence-electron chi connectivity index (χ3n) is 3.56. The molecule has 0 bridgehead atoms. The Labute approximate surface area is 160 Å². The Balaban J connectivity index is 1.93. The normalized spacial score (nSPS) is 11.5. The van der Waals surface area contributed by atoms with Gasteiger partial charge in [-0.1, -0.05) is 47.5 Å². The molecule has 2 aromatic carbocycles. The van der Waals surface area contributed by atoms with Crippen LogP contribution in [-0.2, 0) is 16.0 Å². The van der Waals surface area contributed by atoms with Crippen LogP contribution in [0.2, 0.25) is 10.0 Å². The molecule has 1 atom stereocenters. The van der Waals surface area contributed by atoms with E-state index in [1.54, 1.807) is 48.5 Å². The van der Waals surface area contributed by atoms with Crippen LogP contribution in [-0.4, -0.2) is 30.3 Å². The zero-order valence-electron chi connectivity index (χ0n) is 13.7. The summed E-state index contributed by atoms with van der Waals surface area (Å²) in [4.78, 5) is 35.6. The molecule has 2 rings (SSSR count). The van der Waals surface area contributed by atoms with Crippen LogP contribution in [0.15, 0.2) is 48.5 Å². The van der Waals surface area contributed by atoms with Crippen LogP contribution < -0.4 is 16.4 Å². The predicted octanol–water partition coefficient (Wildman–Crippen LogP) is 1.94. The molecule has 0 saturated carbocycles. The molecule has 26 heavy (non-hydrogen) atoms. The van der Waals surface area contributed by atoms with E-state index in [1.807, 2.05) is 0 Å². The number of amides is 3. The van der Waals surface area contributed by atoms with Gasteiger partial charge >= 0.3 is 0 Å². The number of halogens is 2. The second kappa shape index (κ2) is 9.22. The number of hydrogen-bond donors (Lipinski definition) is 3. The second-order valence-corrected chi connectivity index (χ2v) is 6.35. The lowest BCUT2D eigenvalue weighted by atomic mass is 10.1. The van der Waals surface area contributed by atoms with Gasteiger partial charge < -0.3 is 16.4 Å². The molecule has 0 heterocycles. The number of carbonyl (C=O) groups excluding carboxylic acids is 3. The highest BCUT2D eigenvalue weighted by molar-refractivity contribution is 6.35. The Kier molecular flexibility index (Phi) is 7.00. The van der Waals surface area contributed by atoms with Crippen molar-refractivity contribution in [2.45, 2.75) is 12.5 Å². The lowest BCUT2D eigenvalue weighted by Gasteiger charge is -2.16. The molecule has 136 valence electrons. The van der Waals surface area contributed by atoms with Gasteiger partial charge in [0.1, 0.15) is 6.04 Å². The first-order chi connectivity index (χ1) is 12.4. The largest absolute Gasteiger partial charge is 0.368 e. The first-order valence-electron chi connectivity index (χ1n) is 7.72. The third kappa shape index (κ3) is 5.75. The van der Waals surface area contributed by atoms with Gasteiger partial charge in [0.25, 0.3) is 5.91 Å². The summed E-state index contributed by atoms with van der Waals surface area (Å²) in [5.41, 5.74) is 6.40. The smallest absolute Gasteiger partial charge is 0.251 e. The summed E-state index contributed by atoms with van der Waals surface area (Å²) in [5.74, 6) is -1.64. The predicted molar refractivity (Wildman–Crippen MR) is 100 cm³/mol. The Hall–Kier alpha value is -2.57. The van der Waals surface area contributed by atoms with Gasteiger partial charge in [0, 0.05) is 22.0 Å². The lowest BCUT2D eigenvalue weighted by Crippen LogP contribution is -2.49. The monoisotopic (exact) mass is 393 g/mol. The maximum Gasteiger partial charge on any atom is 0.251 e. The number of primary amides is 1. The first-order valence-corrected chi connectivity index (χ1v) is 8.48. The summed E-state index contributed by atoms with van der Waals surface area (Å²) in [6.07, 6.45) is 0.115. The van der Waals surface area contributed by atoms with Crippen LogP contribution in [0.5, 0.6) is 0 Å². The SMILES string of the molecule is NC(=O)[C@@H](Cc1ccc(Cl)cc1Cl)NC(=O)CNC(=O)c1ccccc1. The van der Waals surface area contributed by atoms with E-state index >= 15 is 0 Å². The summed E-state index contributed by atoms with van der Waals surface area (Å²) in [5, 5.41) is 5.80. The van der Waals surface area contributed by atoms with Crippen LogP contribution in [0.25, 0.3) is 0 Å². The van der Waals surface area contributed by atoms with Crippen LogP contribution in [0.4, 0.5) is 0 Å². The minimum absolute atomic E-state index is 0.115. The topological polar surface area (TPSA) is 101 Å². The Morgan fingerprint density at radius 3 is 2.35 bits per heavy atom. The highest BCUT2D eigenvalue weighted by atomic mass is 35.5. The molecule has 4 N–H and O–H groups in total. The van der Waals surface area contributed by atoms with E-state index in [1.165, 1.54) is 0 Å². The molecule has 3 amide bonds. The van der Waals surface area contributed by atoms with Crippen molar-refractivity contribution in [2.24, 2.45) is 5.73 Å². The quantitative estimate of drug-likeness (QED) is 0.669. The van der Waals surface area contributed by atoms with Gasteiger partial charge in [0.05, 0.1) is 6.54 Å². The first kappa shape index (κ1) is 19.8. The van der Waals surface area contributed by atoms with Crippen molar-refractivity contribution in [1.82, 2.24) is 10.6 Å². The highest BCUT2D eigenvalue weighted by Crippen LogP contribution is 2.22. The Morgan fingerprint density at radius 1 is 1.04 bits per heavy atom. The number of benzene rings is 2. The summed E-state index contributed by atoms with van der Waals surface area (Å²) in [7, 11) is 0. The van der Waals surface area contributed by atoms with E-state index in [2.05, 4.69) is 10.6 Å². The molecule has 0 radical (unpaired) electrons. The molecule has 0 aliphatic rings. The molecule has 0 unspecified atom stereocenters. The molecular weight excluding hydrogens is 377 g/mol. The zero-order chi connectivity index (χ0) is 19.1. The number of nitrogens with one attached hydrogen (secondary N) is 2. The molecule has 0 fully saturated rings. The summed E-state index contributed by atoms with van der Waals surface area (Å²) < 4.78 is 0. The van der Waals surface area contributed by atoms with Gasteiger partial charge in [-0.2, -0.15) is 0 Å². The summed E-state index contributed by atoms with van der Waals surface area (Å²) >= 11 is 11.9. The van der Waals surface area contributed by atoms with Crippen molar-refractivity contribution in [3.05, 3.63) is 69.7 Å². The summed E-state index contributed by atoms with van der Waals surface area (Å²) in [6, 6.07) is 12.3. The number of carbonyl (C=O) groups is 3. The van der Waals surface area contributed by atoms with E-state index in [0.717, 1.165) is 0 Å². The fourth-order valence-corrected chi connectivity index (χ4v) is 2.71. The van der Waals surface area contributed by atoms with E-state index in [-0.39, 0.29) is 13.0 Å². The Bertz CT molecular complexity index is 813. The average molecular weight is 394 g/mol. The minimum atomic E-state index is -0.963. The molecular formula is C18H17Cl2N3O3. The zero-order valence-corrected chi connectivity index (χ0v) is 15.2. The maximum absolute atomic E-state index is 12.0. The molecule has 0 aromatic heterocycles. The van der Waals surface area contributed by atoms with Crippen molar-refractivity contribution in [3.63, 3.8) is 0 Å². The number of hydrogen-bond acceptors (Lipinski definition) is 3. The van der Waals surface area contributed by atoms with E-state index < -0.39 is 23.8 Å². The van der Waals surface area contributed by atoms with Crippen molar-refractivity contribution in [3.8, 4) is 0 Å². The third-order valence-corrected chi connectivity index (χ3v) is 4.15. The summed E-state index contributed by atoms with van der Waals surface area (Å²) in [6.45, 7) is -0.286. The molecule has 0 aliphatic heterocycles. The van der Waals surface area contributed by atoms with Gasteiger partial charge in [-0.25, -0.2) is 0 Å². The Morgan fingerprint density at radius 2 is 1.73 bits per heavy atom. The maximum atomic E-state index is 12.0. The van der Waals surface area contributed by atoms with Crippen LogP contribution in [0.3, 0.4) is 0 Å². The van der Waals surface area contributed by atoms with Gasteiger partial charge in [0.15, 0.2) is 0 Å². The molecule has 0 spiro atoms. The van der Waals surface area contributed by atoms with E-state index in [4.69, 9.17) is 28.9 Å². The van der Waals surface area contributed by atoms with Gasteiger partial charge in [0.2, 0.25) is 11.8 Å². The number of rotatable bonds is 7. The van der Waals surface area contributed by atoms with Crippen LogP contribution in [0, 0.1) is 0 Å². The van der Waals surface area contributed by atoms with Crippen LogP contribution in [0.1, 0.15) is 15.9 Å². The van der Waals surface area contributed by atoms with Crippen molar-refractivity contribution < 1.29 is 14.4 Å². The molecule has 0 saturated heterocycles. The minimum Gasteiger partial charge on any atom is -0.368 e. The standard InChI is InChI=1S/C18H17Cl2N3O3/c19-13-7-6-12(14(20)9-13)8-15(17(21)25)23-16(24)10-22-18(26)11-4-2-1-3-5-11/h1-7,9,15H,8,10H2,(H2,21,25)(H,22,26)(H,23,24)/t15-/m1/s1. The molecule has 0 aliphatic carbocycles. The van der Waals surface area contributed by atoms with Gasteiger partial charge in [-0.15, -0.1) is 0 Å². The van der Waals surface area contributed by atoms with E-state index in [0.29, 0.717) is 21.2 Å². The fraction of sp³-hybridized carbons (Fsp3) is 0.167. The fourth-order valence-electron chi connectivity index (χ4n) is 2.23. The second-order valence-electron chi connectivity index (χ2n) is 5.51. The molecule has 6 nitrogen and oxygen atoms in total. The van der Waals surface area contributed by atoms with Gasteiger partial charge in [-0.05, 0) is 29.8 Å². The van der Waals surface area contributed by atoms with Crippen molar-refractivity contribution >= 4 is 40.9 Å². The van der Waals surface area contributed by atoms with Gasteiger partial charge in [-0.3, -0.25) is 14.4 Å². The lowest BCUT2D eigenvalue weighted by molar-refractivity contribution is -0.126. The molecule has 8 heteroatoms. The van der Waals surface area contributed by atoms with Crippen molar-refractivity contribution in [2.75, 3.05) is 6.54 Å². The molecule has 2 aromatic rings. The highest BCUT2D eigenvalue weighted by Gasteiger charge is 2.20. The van der Waals surface area contributed by atoms with Crippen LogP contribution >= 0.6 is 23.2 Å². The number of nitrogens with two attached hydrogens (primary N) is 1.